The third kappa shape index (κ3) is 4.48. The third-order valence-electron chi connectivity index (χ3n) is 2.35. The SMILES string of the molecule is CC1CN(C(=O)NCCC(=O)O)CCCO1. The van der Waals surface area contributed by atoms with E-state index in [9.17, 15) is 9.59 Å². The van der Waals surface area contributed by atoms with Gasteiger partial charge in [-0.05, 0) is 13.3 Å². The fraction of sp³-hybridized carbons (Fsp3) is 0.800. The molecule has 6 heteroatoms. The van der Waals surface area contributed by atoms with E-state index >= 15 is 0 Å². The summed E-state index contributed by atoms with van der Waals surface area (Å²) >= 11 is 0. The van der Waals surface area contributed by atoms with Crippen molar-refractivity contribution in [3.63, 3.8) is 0 Å². The maximum Gasteiger partial charge on any atom is 0.317 e. The molecule has 0 aromatic heterocycles. The molecule has 1 aliphatic rings. The summed E-state index contributed by atoms with van der Waals surface area (Å²) in [6.07, 6.45) is 0.801. The van der Waals surface area contributed by atoms with Crippen LogP contribution in [0.25, 0.3) is 0 Å². The molecule has 16 heavy (non-hydrogen) atoms. The number of carboxylic acids is 1. The Bertz CT molecular complexity index is 257. The molecule has 0 radical (unpaired) electrons. The summed E-state index contributed by atoms with van der Waals surface area (Å²) in [5.74, 6) is -0.909. The Kier molecular flexibility index (Phi) is 5.04. The molecular formula is C10H18N2O4. The van der Waals surface area contributed by atoms with Gasteiger partial charge in [0.2, 0.25) is 0 Å². The molecule has 1 unspecified atom stereocenters. The summed E-state index contributed by atoms with van der Waals surface area (Å²) in [6.45, 7) is 3.96. The van der Waals surface area contributed by atoms with Crippen LogP contribution in [0.5, 0.6) is 0 Å². The van der Waals surface area contributed by atoms with Crippen molar-refractivity contribution in [1.29, 1.82) is 0 Å². The van der Waals surface area contributed by atoms with Crippen molar-refractivity contribution in [3.05, 3.63) is 0 Å². The van der Waals surface area contributed by atoms with Gasteiger partial charge in [0.05, 0.1) is 12.5 Å². The first kappa shape index (κ1) is 12.8. The fourth-order valence-electron chi connectivity index (χ4n) is 1.57. The highest BCUT2D eigenvalue weighted by molar-refractivity contribution is 5.75. The number of carbonyl (C=O) groups excluding carboxylic acids is 1. The number of carboxylic acid groups (broad SMARTS) is 1. The lowest BCUT2D eigenvalue weighted by Gasteiger charge is -2.22. The number of carbonyl (C=O) groups is 2. The lowest BCUT2D eigenvalue weighted by atomic mass is 10.3. The van der Waals surface area contributed by atoms with Gasteiger partial charge in [0.25, 0.3) is 0 Å². The number of nitrogens with one attached hydrogen (secondary N) is 1. The third-order valence-corrected chi connectivity index (χ3v) is 2.35. The molecule has 0 spiro atoms. The predicted molar refractivity (Wildman–Crippen MR) is 57.3 cm³/mol. The first-order chi connectivity index (χ1) is 7.59. The number of rotatable bonds is 3. The molecule has 0 aliphatic carbocycles. The number of ether oxygens (including phenoxy) is 1. The van der Waals surface area contributed by atoms with Crippen LogP contribution in [-0.2, 0) is 9.53 Å². The fourth-order valence-corrected chi connectivity index (χ4v) is 1.57. The first-order valence-corrected chi connectivity index (χ1v) is 5.46. The molecule has 0 bridgehead atoms. The molecule has 1 rings (SSSR count). The maximum absolute atomic E-state index is 11.6. The number of hydrogen-bond donors (Lipinski definition) is 2. The zero-order chi connectivity index (χ0) is 12.0. The van der Waals surface area contributed by atoms with Crippen LogP contribution in [0.2, 0.25) is 0 Å². The van der Waals surface area contributed by atoms with Gasteiger partial charge < -0.3 is 20.1 Å². The van der Waals surface area contributed by atoms with Gasteiger partial charge in [0.1, 0.15) is 0 Å². The molecular weight excluding hydrogens is 212 g/mol. The molecule has 6 nitrogen and oxygen atoms in total. The largest absolute Gasteiger partial charge is 0.481 e. The maximum atomic E-state index is 11.6. The molecule has 0 saturated carbocycles. The van der Waals surface area contributed by atoms with Gasteiger partial charge in [-0.2, -0.15) is 0 Å². The van der Waals surface area contributed by atoms with E-state index in [2.05, 4.69) is 5.32 Å². The van der Waals surface area contributed by atoms with E-state index in [1.807, 2.05) is 6.92 Å². The number of hydrogen-bond acceptors (Lipinski definition) is 3. The lowest BCUT2D eigenvalue weighted by Crippen LogP contribution is -2.43. The van der Waals surface area contributed by atoms with Crippen molar-refractivity contribution < 1.29 is 19.4 Å². The van der Waals surface area contributed by atoms with Crippen molar-refractivity contribution in [1.82, 2.24) is 10.2 Å². The number of amides is 2. The molecule has 1 heterocycles. The monoisotopic (exact) mass is 230 g/mol. The van der Waals surface area contributed by atoms with Crippen molar-refractivity contribution >= 4 is 12.0 Å². The molecule has 92 valence electrons. The number of urea groups is 1. The van der Waals surface area contributed by atoms with E-state index in [0.717, 1.165) is 6.42 Å². The Labute approximate surface area is 94.6 Å². The smallest absolute Gasteiger partial charge is 0.317 e. The van der Waals surface area contributed by atoms with Crippen molar-refractivity contribution in [3.8, 4) is 0 Å². The number of aliphatic carboxylic acids is 1. The Morgan fingerprint density at radius 2 is 2.31 bits per heavy atom. The summed E-state index contributed by atoms with van der Waals surface area (Å²) in [6, 6.07) is -0.210. The van der Waals surface area contributed by atoms with E-state index in [-0.39, 0.29) is 25.1 Å². The summed E-state index contributed by atoms with van der Waals surface area (Å²) in [5, 5.41) is 11.0. The standard InChI is InChI=1S/C10H18N2O4/c1-8-7-12(5-2-6-16-8)10(15)11-4-3-9(13)14/h8H,2-7H2,1H3,(H,11,15)(H,13,14). The minimum Gasteiger partial charge on any atom is -0.481 e. The Balaban J connectivity index is 2.31. The van der Waals surface area contributed by atoms with E-state index in [1.165, 1.54) is 0 Å². The molecule has 2 amide bonds. The van der Waals surface area contributed by atoms with Crippen LogP contribution in [0, 0.1) is 0 Å². The molecule has 1 aliphatic heterocycles. The van der Waals surface area contributed by atoms with E-state index in [1.54, 1.807) is 4.90 Å². The van der Waals surface area contributed by atoms with Crippen LogP contribution in [0.15, 0.2) is 0 Å². The molecule has 0 aromatic carbocycles. The van der Waals surface area contributed by atoms with Crippen LogP contribution in [0.4, 0.5) is 4.79 Å². The minimum absolute atomic E-state index is 0.0349. The van der Waals surface area contributed by atoms with Crippen LogP contribution >= 0.6 is 0 Å². The average molecular weight is 230 g/mol. The van der Waals surface area contributed by atoms with Crippen molar-refractivity contribution in [2.24, 2.45) is 0 Å². The predicted octanol–water partition coefficient (Wildman–Crippen LogP) is 0.281. The zero-order valence-electron chi connectivity index (χ0n) is 9.44. The Morgan fingerprint density at radius 3 is 3.00 bits per heavy atom. The normalized spacial score (nSPS) is 21.3. The van der Waals surface area contributed by atoms with Gasteiger partial charge in [-0.1, -0.05) is 0 Å². The zero-order valence-corrected chi connectivity index (χ0v) is 9.44. The lowest BCUT2D eigenvalue weighted by molar-refractivity contribution is -0.136. The van der Waals surface area contributed by atoms with Crippen LogP contribution in [0.1, 0.15) is 19.8 Å². The second-order valence-electron chi connectivity index (χ2n) is 3.86. The second-order valence-corrected chi connectivity index (χ2v) is 3.86. The highest BCUT2D eigenvalue weighted by Gasteiger charge is 2.19. The summed E-state index contributed by atoms with van der Waals surface area (Å²) in [4.78, 5) is 23.6. The molecule has 2 N–H and O–H groups in total. The molecule has 1 saturated heterocycles. The Hall–Kier alpha value is -1.30. The second kappa shape index (κ2) is 6.32. The average Bonchev–Trinajstić information content (AvgIpc) is 2.42. The van der Waals surface area contributed by atoms with Crippen LogP contribution in [0.3, 0.4) is 0 Å². The molecule has 0 aromatic rings. The van der Waals surface area contributed by atoms with Gasteiger partial charge in [-0.15, -0.1) is 0 Å². The first-order valence-electron chi connectivity index (χ1n) is 5.46. The van der Waals surface area contributed by atoms with E-state index < -0.39 is 5.97 Å². The number of nitrogens with zero attached hydrogens (tertiary/aromatic N) is 1. The van der Waals surface area contributed by atoms with Crippen molar-refractivity contribution in [2.75, 3.05) is 26.2 Å². The van der Waals surface area contributed by atoms with Gasteiger partial charge in [-0.3, -0.25) is 4.79 Å². The topological polar surface area (TPSA) is 78.9 Å². The summed E-state index contributed by atoms with van der Waals surface area (Å²) < 4.78 is 5.41. The van der Waals surface area contributed by atoms with E-state index in [0.29, 0.717) is 19.7 Å². The van der Waals surface area contributed by atoms with Gasteiger partial charge >= 0.3 is 12.0 Å². The van der Waals surface area contributed by atoms with Gasteiger partial charge in [-0.25, -0.2) is 4.79 Å². The van der Waals surface area contributed by atoms with E-state index in [4.69, 9.17) is 9.84 Å². The van der Waals surface area contributed by atoms with Gasteiger partial charge in [0.15, 0.2) is 0 Å². The van der Waals surface area contributed by atoms with Crippen LogP contribution in [-0.4, -0.2) is 54.4 Å². The summed E-state index contributed by atoms with van der Waals surface area (Å²) in [7, 11) is 0. The van der Waals surface area contributed by atoms with Gasteiger partial charge in [0, 0.05) is 26.2 Å². The molecule has 1 atom stereocenters. The van der Waals surface area contributed by atoms with Crippen molar-refractivity contribution in [2.45, 2.75) is 25.9 Å². The minimum atomic E-state index is -0.909. The summed E-state index contributed by atoms with van der Waals surface area (Å²) in [5.41, 5.74) is 0. The van der Waals surface area contributed by atoms with Crippen LogP contribution < -0.4 is 5.32 Å². The Morgan fingerprint density at radius 1 is 1.56 bits per heavy atom. The highest BCUT2D eigenvalue weighted by Crippen LogP contribution is 2.05. The highest BCUT2D eigenvalue weighted by atomic mass is 16.5. The quantitative estimate of drug-likeness (QED) is 0.730. The molecule has 1 fully saturated rings.